The van der Waals surface area contributed by atoms with Crippen molar-refractivity contribution in [3.8, 4) is 0 Å². The van der Waals surface area contributed by atoms with Gasteiger partial charge in [-0.2, -0.15) is 0 Å². The molecule has 0 bridgehead atoms. The molecule has 2 atom stereocenters. The molecule has 0 heterocycles. The molecule has 1 aliphatic carbocycles. The van der Waals surface area contributed by atoms with E-state index >= 15 is 0 Å². The number of rotatable bonds is 5. The van der Waals surface area contributed by atoms with E-state index < -0.39 is 0 Å². The molecular weight excluding hydrogens is 244 g/mol. The molecule has 1 N–H and O–H groups in total. The average Bonchev–Trinajstić information content (AvgIpc) is 2.29. The predicted octanol–water partition coefficient (Wildman–Crippen LogP) is 3.59. The summed E-state index contributed by atoms with van der Waals surface area (Å²) in [5.74, 6) is 0.810. The van der Waals surface area contributed by atoms with Gasteiger partial charge in [-0.3, -0.25) is 4.90 Å². The van der Waals surface area contributed by atoms with E-state index in [2.05, 4.69) is 69.2 Å². The predicted molar refractivity (Wildman–Crippen MR) is 86.9 cm³/mol. The molecule has 0 amide bonds. The molecule has 2 rings (SSSR count). The second kappa shape index (κ2) is 6.28. The number of aryl methyl sites for hydroxylation is 1. The van der Waals surface area contributed by atoms with Gasteiger partial charge in [-0.15, -0.1) is 0 Å². The zero-order valence-corrected chi connectivity index (χ0v) is 13.7. The fraction of sp³-hybridized carbons (Fsp3) is 0.667. The second-order valence-electron chi connectivity index (χ2n) is 7.44. The highest BCUT2D eigenvalue weighted by atomic mass is 15.1. The van der Waals surface area contributed by atoms with Crippen LogP contribution in [0.4, 0.5) is 0 Å². The van der Waals surface area contributed by atoms with Gasteiger partial charge in [-0.25, -0.2) is 0 Å². The van der Waals surface area contributed by atoms with Crippen LogP contribution in [-0.4, -0.2) is 30.1 Å². The summed E-state index contributed by atoms with van der Waals surface area (Å²) >= 11 is 0. The van der Waals surface area contributed by atoms with Gasteiger partial charge in [0.2, 0.25) is 0 Å². The molecule has 2 nitrogen and oxygen atoms in total. The van der Waals surface area contributed by atoms with Gasteiger partial charge in [-0.1, -0.05) is 29.8 Å². The Morgan fingerprint density at radius 3 is 2.30 bits per heavy atom. The number of hydrogen-bond acceptors (Lipinski definition) is 2. The SMILES string of the molecule is Cc1ccc(CN(C)C2CCC2CNC(C)(C)C)cc1. The van der Waals surface area contributed by atoms with Crippen LogP contribution in [0.2, 0.25) is 0 Å². The molecule has 0 saturated heterocycles. The van der Waals surface area contributed by atoms with Crippen molar-refractivity contribution in [3.05, 3.63) is 35.4 Å². The first-order valence-corrected chi connectivity index (χ1v) is 7.86. The number of benzene rings is 1. The van der Waals surface area contributed by atoms with Crippen molar-refractivity contribution in [1.29, 1.82) is 0 Å². The minimum atomic E-state index is 0.232. The zero-order valence-electron chi connectivity index (χ0n) is 13.7. The molecule has 1 aliphatic rings. The fourth-order valence-corrected chi connectivity index (χ4v) is 2.91. The van der Waals surface area contributed by atoms with Crippen LogP contribution in [-0.2, 0) is 6.54 Å². The Hall–Kier alpha value is -0.860. The Morgan fingerprint density at radius 1 is 1.15 bits per heavy atom. The Kier molecular flexibility index (Phi) is 4.87. The Labute approximate surface area is 124 Å². The summed E-state index contributed by atoms with van der Waals surface area (Å²) < 4.78 is 0. The summed E-state index contributed by atoms with van der Waals surface area (Å²) in [7, 11) is 2.27. The van der Waals surface area contributed by atoms with Crippen LogP contribution in [0, 0.1) is 12.8 Å². The van der Waals surface area contributed by atoms with Crippen LogP contribution in [0.1, 0.15) is 44.7 Å². The topological polar surface area (TPSA) is 15.3 Å². The Bertz CT molecular complexity index is 416. The maximum Gasteiger partial charge on any atom is 0.0233 e. The smallest absolute Gasteiger partial charge is 0.0233 e. The monoisotopic (exact) mass is 274 g/mol. The zero-order chi connectivity index (χ0) is 14.8. The minimum Gasteiger partial charge on any atom is -0.312 e. The van der Waals surface area contributed by atoms with Crippen LogP contribution in [0.15, 0.2) is 24.3 Å². The van der Waals surface area contributed by atoms with Gasteiger partial charge in [-0.05, 0) is 65.6 Å². The number of nitrogens with zero attached hydrogens (tertiary/aromatic N) is 1. The van der Waals surface area contributed by atoms with Gasteiger partial charge < -0.3 is 5.32 Å². The number of nitrogens with one attached hydrogen (secondary N) is 1. The highest BCUT2D eigenvalue weighted by Gasteiger charge is 2.34. The third kappa shape index (κ3) is 4.32. The molecule has 0 spiro atoms. The molecule has 0 radical (unpaired) electrons. The quantitative estimate of drug-likeness (QED) is 0.882. The molecule has 112 valence electrons. The Morgan fingerprint density at radius 2 is 1.80 bits per heavy atom. The van der Waals surface area contributed by atoms with Crippen LogP contribution < -0.4 is 5.32 Å². The summed E-state index contributed by atoms with van der Waals surface area (Å²) in [5.41, 5.74) is 3.00. The van der Waals surface area contributed by atoms with Crippen molar-refractivity contribution in [3.63, 3.8) is 0 Å². The van der Waals surface area contributed by atoms with Crippen LogP contribution >= 0.6 is 0 Å². The van der Waals surface area contributed by atoms with Crippen molar-refractivity contribution in [2.45, 2.75) is 58.7 Å². The lowest BCUT2D eigenvalue weighted by Crippen LogP contribution is -2.51. The average molecular weight is 274 g/mol. The maximum atomic E-state index is 3.65. The molecule has 2 unspecified atom stereocenters. The van der Waals surface area contributed by atoms with E-state index in [0.29, 0.717) is 0 Å². The fourth-order valence-electron chi connectivity index (χ4n) is 2.91. The van der Waals surface area contributed by atoms with Gasteiger partial charge >= 0.3 is 0 Å². The Balaban J connectivity index is 1.83. The van der Waals surface area contributed by atoms with Gasteiger partial charge in [0, 0.05) is 18.1 Å². The number of hydrogen-bond donors (Lipinski definition) is 1. The summed E-state index contributed by atoms with van der Waals surface area (Å²) in [6, 6.07) is 9.68. The van der Waals surface area contributed by atoms with Crippen LogP contribution in [0.3, 0.4) is 0 Å². The van der Waals surface area contributed by atoms with E-state index in [-0.39, 0.29) is 5.54 Å². The molecule has 2 heteroatoms. The molecule has 1 fully saturated rings. The molecular formula is C18H30N2. The summed E-state index contributed by atoms with van der Waals surface area (Å²) in [5, 5.41) is 3.65. The maximum absolute atomic E-state index is 3.65. The third-order valence-corrected chi connectivity index (χ3v) is 4.39. The minimum absolute atomic E-state index is 0.232. The summed E-state index contributed by atoms with van der Waals surface area (Å²) in [6.07, 6.45) is 2.71. The van der Waals surface area contributed by atoms with Crippen LogP contribution in [0.5, 0.6) is 0 Å². The molecule has 0 aromatic heterocycles. The van der Waals surface area contributed by atoms with Crippen LogP contribution in [0.25, 0.3) is 0 Å². The molecule has 1 saturated carbocycles. The lowest BCUT2D eigenvalue weighted by Gasteiger charge is -2.44. The molecule has 1 aromatic carbocycles. The van der Waals surface area contributed by atoms with Gasteiger partial charge in [0.05, 0.1) is 0 Å². The second-order valence-corrected chi connectivity index (χ2v) is 7.44. The largest absolute Gasteiger partial charge is 0.312 e. The van der Waals surface area contributed by atoms with Gasteiger partial charge in [0.25, 0.3) is 0 Å². The van der Waals surface area contributed by atoms with Crippen molar-refractivity contribution in [1.82, 2.24) is 10.2 Å². The lowest BCUT2D eigenvalue weighted by molar-refractivity contribution is 0.0738. The highest BCUT2D eigenvalue weighted by Crippen LogP contribution is 2.32. The van der Waals surface area contributed by atoms with E-state index in [0.717, 1.165) is 25.0 Å². The summed E-state index contributed by atoms with van der Waals surface area (Å²) in [4.78, 5) is 2.53. The summed E-state index contributed by atoms with van der Waals surface area (Å²) in [6.45, 7) is 11.1. The molecule has 20 heavy (non-hydrogen) atoms. The highest BCUT2D eigenvalue weighted by molar-refractivity contribution is 5.21. The van der Waals surface area contributed by atoms with E-state index in [1.165, 1.54) is 24.0 Å². The third-order valence-electron chi connectivity index (χ3n) is 4.39. The van der Waals surface area contributed by atoms with Crippen molar-refractivity contribution in [2.24, 2.45) is 5.92 Å². The molecule has 1 aromatic rings. The molecule has 0 aliphatic heterocycles. The first kappa shape index (κ1) is 15.5. The van der Waals surface area contributed by atoms with E-state index in [4.69, 9.17) is 0 Å². The van der Waals surface area contributed by atoms with E-state index in [9.17, 15) is 0 Å². The van der Waals surface area contributed by atoms with E-state index in [1.807, 2.05) is 0 Å². The van der Waals surface area contributed by atoms with Gasteiger partial charge in [0.1, 0.15) is 0 Å². The van der Waals surface area contributed by atoms with E-state index in [1.54, 1.807) is 0 Å². The van der Waals surface area contributed by atoms with Crippen molar-refractivity contribution >= 4 is 0 Å². The lowest BCUT2D eigenvalue weighted by atomic mass is 9.78. The first-order valence-electron chi connectivity index (χ1n) is 7.86. The van der Waals surface area contributed by atoms with Crippen molar-refractivity contribution < 1.29 is 0 Å². The van der Waals surface area contributed by atoms with Gasteiger partial charge in [0.15, 0.2) is 0 Å². The normalized spacial score (nSPS) is 22.9. The first-order chi connectivity index (χ1) is 9.35. The van der Waals surface area contributed by atoms with Crippen molar-refractivity contribution in [2.75, 3.05) is 13.6 Å². The standard InChI is InChI=1S/C18H30N2/c1-14-6-8-15(9-7-14)13-20(5)17-11-10-16(17)12-19-18(2,3)4/h6-9,16-17,19H,10-13H2,1-5H3.